The minimum atomic E-state index is -0.770. The molecule has 5 nitrogen and oxygen atoms in total. The highest BCUT2D eigenvalue weighted by molar-refractivity contribution is 5.70. The number of hydrogen-bond donors (Lipinski definition) is 1. The number of esters is 2. The van der Waals surface area contributed by atoms with Crippen LogP contribution in [0.5, 0.6) is 0 Å². The van der Waals surface area contributed by atoms with E-state index >= 15 is 0 Å². The molecule has 0 aliphatic rings. The Bertz CT molecular complexity index is 856. The highest BCUT2D eigenvalue weighted by atomic mass is 16.6. The molecule has 0 aliphatic heterocycles. The van der Waals surface area contributed by atoms with Crippen molar-refractivity contribution in [3.8, 4) is 0 Å². The third-order valence-corrected chi connectivity index (χ3v) is 12.3. The van der Waals surface area contributed by atoms with E-state index in [1.54, 1.807) is 0 Å². The topological polar surface area (TPSA) is 72.8 Å². The van der Waals surface area contributed by atoms with Crippen LogP contribution in [0.1, 0.15) is 303 Å². The molecule has 0 fully saturated rings. The molecule has 0 saturated carbocycles. The SMILES string of the molecule is CCCCCCCC/C=C\CCCCCCCC(=O)OC(CO)COC(=O)CCCCCCCCCCCCCCCCCCCCCCCCCCCCCCCC. The van der Waals surface area contributed by atoms with E-state index in [9.17, 15) is 14.7 Å². The Morgan fingerprint density at radius 3 is 0.915 bits per heavy atom. The second-order valence-electron chi connectivity index (χ2n) is 18.3. The number of aliphatic hydroxyl groups is 1. The fraction of sp³-hybridized carbons (Fsp3) is 0.926. The monoisotopic (exact) mass is 833 g/mol. The Kier molecular flexibility index (Phi) is 49.8. The van der Waals surface area contributed by atoms with Crippen LogP contribution in [0, 0.1) is 0 Å². The minimum Gasteiger partial charge on any atom is -0.462 e. The highest BCUT2D eigenvalue weighted by Gasteiger charge is 2.16. The zero-order valence-corrected chi connectivity index (χ0v) is 40.0. The van der Waals surface area contributed by atoms with Crippen molar-refractivity contribution in [3.05, 3.63) is 12.2 Å². The molecule has 0 aromatic rings. The van der Waals surface area contributed by atoms with Crippen LogP contribution in [0.25, 0.3) is 0 Å². The first-order valence-corrected chi connectivity index (χ1v) is 26.7. The van der Waals surface area contributed by atoms with Crippen LogP contribution in [0.3, 0.4) is 0 Å². The third kappa shape index (κ3) is 49.2. The summed E-state index contributed by atoms with van der Waals surface area (Å²) >= 11 is 0. The van der Waals surface area contributed by atoms with Gasteiger partial charge < -0.3 is 14.6 Å². The number of aliphatic hydroxyl groups excluding tert-OH is 1. The summed E-state index contributed by atoms with van der Waals surface area (Å²) in [4.78, 5) is 24.4. The lowest BCUT2D eigenvalue weighted by Crippen LogP contribution is -2.28. The third-order valence-electron chi connectivity index (χ3n) is 12.3. The molecule has 59 heavy (non-hydrogen) atoms. The summed E-state index contributed by atoms with van der Waals surface area (Å²) in [5.74, 6) is -0.583. The van der Waals surface area contributed by atoms with Gasteiger partial charge in [0, 0.05) is 12.8 Å². The van der Waals surface area contributed by atoms with E-state index in [2.05, 4.69) is 26.0 Å². The van der Waals surface area contributed by atoms with E-state index in [1.165, 1.54) is 238 Å². The Morgan fingerprint density at radius 2 is 0.627 bits per heavy atom. The predicted octanol–water partition coefficient (Wildman–Crippen LogP) is 17.6. The molecule has 0 spiro atoms. The van der Waals surface area contributed by atoms with E-state index in [0.29, 0.717) is 12.8 Å². The lowest BCUT2D eigenvalue weighted by molar-refractivity contribution is -0.161. The van der Waals surface area contributed by atoms with Gasteiger partial charge in [0.2, 0.25) is 0 Å². The second kappa shape index (κ2) is 51.0. The molecule has 0 radical (unpaired) electrons. The maximum absolute atomic E-state index is 12.2. The number of hydrogen-bond acceptors (Lipinski definition) is 5. The molecule has 5 heteroatoms. The van der Waals surface area contributed by atoms with Crippen molar-refractivity contribution >= 4 is 11.9 Å². The van der Waals surface area contributed by atoms with Crippen molar-refractivity contribution in [2.45, 2.75) is 309 Å². The molecule has 0 bridgehead atoms. The molecule has 350 valence electrons. The number of allylic oxidation sites excluding steroid dienone is 2. The van der Waals surface area contributed by atoms with Gasteiger partial charge in [-0.3, -0.25) is 9.59 Å². The van der Waals surface area contributed by atoms with Crippen molar-refractivity contribution in [2.75, 3.05) is 13.2 Å². The van der Waals surface area contributed by atoms with Gasteiger partial charge in [-0.25, -0.2) is 0 Å². The van der Waals surface area contributed by atoms with Gasteiger partial charge in [0.05, 0.1) is 6.61 Å². The average Bonchev–Trinajstić information content (AvgIpc) is 3.24. The summed E-state index contributed by atoms with van der Waals surface area (Å²) in [5.41, 5.74) is 0. The summed E-state index contributed by atoms with van der Waals surface area (Å²) < 4.78 is 10.7. The van der Waals surface area contributed by atoms with Crippen LogP contribution in [0.15, 0.2) is 12.2 Å². The molecule has 0 rings (SSSR count). The van der Waals surface area contributed by atoms with Crippen LogP contribution < -0.4 is 0 Å². The molecule has 0 saturated heterocycles. The van der Waals surface area contributed by atoms with Gasteiger partial charge in [-0.1, -0.05) is 264 Å². The molecule has 0 aromatic carbocycles. The van der Waals surface area contributed by atoms with Gasteiger partial charge in [-0.05, 0) is 38.5 Å². The van der Waals surface area contributed by atoms with E-state index < -0.39 is 6.10 Å². The molecule has 0 aliphatic carbocycles. The maximum Gasteiger partial charge on any atom is 0.306 e. The number of rotatable bonds is 50. The van der Waals surface area contributed by atoms with Gasteiger partial charge in [0.15, 0.2) is 6.10 Å². The fourth-order valence-corrected chi connectivity index (χ4v) is 8.26. The standard InChI is InChI=1S/C54H104O5/c1-3-5-7-9-11-13-15-17-19-20-21-22-23-24-25-26-27-28-29-30-31-32-33-35-36-38-40-42-44-46-48-53(56)58-51-52(50-55)59-54(57)49-47-45-43-41-39-37-34-18-16-14-12-10-8-6-4-2/h18,34,52,55H,3-17,19-33,35-51H2,1-2H3/b34-18-. The van der Waals surface area contributed by atoms with Crippen molar-refractivity contribution in [2.24, 2.45) is 0 Å². The van der Waals surface area contributed by atoms with Crippen LogP contribution in [0.2, 0.25) is 0 Å². The van der Waals surface area contributed by atoms with E-state index in [1.807, 2.05) is 0 Å². The Balaban J connectivity index is 3.39. The number of ether oxygens (including phenoxy) is 2. The Hall–Kier alpha value is -1.36. The lowest BCUT2D eigenvalue weighted by Gasteiger charge is -2.15. The summed E-state index contributed by atoms with van der Waals surface area (Å²) in [6.45, 7) is 4.17. The maximum atomic E-state index is 12.2. The van der Waals surface area contributed by atoms with Crippen LogP contribution in [-0.2, 0) is 19.1 Å². The van der Waals surface area contributed by atoms with E-state index in [4.69, 9.17) is 9.47 Å². The molecular weight excluding hydrogens is 729 g/mol. The molecule has 0 aromatic heterocycles. The first kappa shape index (κ1) is 57.6. The largest absolute Gasteiger partial charge is 0.462 e. The lowest BCUT2D eigenvalue weighted by atomic mass is 10.0. The zero-order valence-electron chi connectivity index (χ0n) is 40.0. The minimum absolute atomic E-state index is 0.0625. The van der Waals surface area contributed by atoms with Crippen molar-refractivity contribution < 1.29 is 24.2 Å². The van der Waals surface area contributed by atoms with Gasteiger partial charge in [-0.2, -0.15) is 0 Å². The predicted molar refractivity (Wildman–Crippen MR) is 256 cm³/mol. The number of carbonyl (C=O) groups excluding carboxylic acids is 2. The van der Waals surface area contributed by atoms with Crippen LogP contribution in [-0.4, -0.2) is 36.4 Å². The van der Waals surface area contributed by atoms with Crippen LogP contribution >= 0.6 is 0 Å². The van der Waals surface area contributed by atoms with Crippen molar-refractivity contribution in [3.63, 3.8) is 0 Å². The van der Waals surface area contributed by atoms with Gasteiger partial charge >= 0.3 is 11.9 Å². The number of carbonyl (C=O) groups is 2. The van der Waals surface area contributed by atoms with Gasteiger partial charge in [-0.15, -0.1) is 0 Å². The number of unbranched alkanes of at least 4 members (excludes halogenated alkanes) is 40. The molecule has 0 amide bonds. The molecular formula is C54H104O5. The Labute approximate surface area is 369 Å². The smallest absolute Gasteiger partial charge is 0.306 e. The summed E-state index contributed by atoms with van der Waals surface area (Å²) in [5, 5.41) is 9.61. The van der Waals surface area contributed by atoms with Crippen molar-refractivity contribution in [1.29, 1.82) is 0 Å². The average molecular weight is 833 g/mol. The van der Waals surface area contributed by atoms with Crippen LogP contribution in [0.4, 0.5) is 0 Å². The molecule has 1 atom stereocenters. The molecule has 1 unspecified atom stereocenters. The first-order chi connectivity index (χ1) is 29.1. The fourth-order valence-electron chi connectivity index (χ4n) is 8.26. The quantitative estimate of drug-likeness (QED) is 0.0375. The van der Waals surface area contributed by atoms with Gasteiger partial charge in [0.1, 0.15) is 6.61 Å². The molecule has 1 N–H and O–H groups in total. The van der Waals surface area contributed by atoms with Crippen molar-refractivity contribution in [1.82, 2.24) is 0 Å². The summed E-state index contributed by atoms with van der Waals surface area (Å²) in [7, 11) is 0. The first-order valence-electron chi connectivity index (χ1n) is 26.7. The molecule has 0 heterocycles. The normalized spacial score (nSPS) is 12.1. The van der Waals surface area contributed by atoms with Gasteiger partial charge in [0.25, 0.3) is 0 Å². The Morgan fingerprint density at radius 1 is 0.373 bits per heavy atom. The van der Waals surface area contributed by atoms with E-state index in [0.717, 1.165) is 38.5 Å². The second-order valence-corrected chi connectivity index (χ2v) is 18.3. The summed E-state index contributed by atoms with van der Waals surface area (Å²) in [6, 6.07) is 0. The van der Waals surface area contributed by atoms with E-state index in [-0.39, 0.29) is 25.2 Å². The summed E-state index contributed by atoms with van der Waals surface area (Å²) in [6.07, 6.45) is 61.9. The zero-order chi connectivity index (χ0) is 42.8. The highest BCUT2D eigenvalue weighted by Crippen LogP contribution is 2.17.